The predicted molar refractivity (Wildman–Crippen MR) is 249 cm³/mol. The first-order valence-electron chi connectivity index (χ1n) is 20.3. The maximum atomic E-state index is 2.63. The molecule has 59 heavy (non-hydrogen) atoms. The maximum Gasteiger partial charge on any atom is 0.333 e. The molecule has 0 unspecified atom stereocenters. The highest BCUT2D eigenvalue weighted by Gasteiger charge is 2.43. The first kappa shape index (κ1) is 33.4. The fourth-order valence-corrected chi connectivity index (χ4v) is 9.69. The third-order valence-corrected chi connectivity index (χ3v) is 12.1. The van der Waals surface area contributed by atoms with Crippen LogP contribution in [0.3, 0.4) is 0 Å². The standard InChI is InChI=1S/C54H37BN4/c1-6-19-38(20-7-1)56(39-21-8-2-9-22-39)43-33-34-49-51(36-43)58(42-27-14-5-15-28-42)52-37-44(57(40-23-10-3-11-24-40)41-25-12-4-13-26-41)35-48-47-31-18-30-46-45-29-16-17-32-50(45)59(54(46)47)55(49)53(48)52/h1-37H. The molecule has 276 valence electrons. The molecule has 12 rings (SSSR count). The molecule has 0 amide bonds. The second-order valence-electron chi connectivity index (χ2n) is 15.3. The van der Waals surface area contributed by atoms with E-state index in [-0.39, 0.29) is 6.85 Å². The van der Waals surface area contributed by atoms with E-state index >= 15 is 0 Å². The number of anilines is 9. The highest BCUT2D eigenvalue weighted by atomic mass is 15.2. The molecule has 0 atom stereocenters. The lowest BCUT2D eigenvalue weighted by molar-refractivity contribution is 1.22. The van der Waals surface area contributed by atoms with Crippen molar-refractivity contribution < 1.29 is 0 Å². The lowest BCUT2D eigenvalue weighted by Gasteiger charge is -2.42. The Morgan fingerprint density at radius 2 is 0.864 bits per heavy atom. The lowest BCUT2D eigenvalue weighted by atomic mass is 9.45. The average Bonchev–Trinajstić information content (AvgIpc) is 3.64. The van der Waals surface area contributed by atoms with Gasteiger partial charge < -0.3 is 19.2 Å². The molecule has 0 saturated heterocycles. The van der Waals surface area contributed by atoms with Gasteiger partial charge in [-0.3, -0.25) is 0 Å². The van der Waals surface area contributed by atoms with Gasteiger partial charge in [0, 0.05) is 78.6 Å². The SMILES string of the molecule is c1ccc(N(c2ccccc2)c2ccc3c(c2)N(c2ccccc2)c2cc(N(c4ccccc4)c4ccccc4)cc4c2B3n2c3ccccc3c3cccc-4c32)cc1. The molecule has 5 heteroatoms. The largest absolute Gasteiger partial charge is 0.375 e. The Bertz CT molecular complexity index is 3090. The molecule has 0 fully saturated rings. The van der Waals surface area contributed by atoms with Gasteiger partial charge in [-0.1, -0.05) is 133 Å². The Morgan fingerprint density at radius 3 is 1.47 bits per heavy atom. The second kappa shape index (κ2) is 13.4. The summed E-state index contributed by atoms with van der Waals surface area (Å²) in [5, 5.41) is 2.55. The summed E-state index contributed by atoms with van der Waals surface area (Å²) in [5.74, 6) is 0. The molecular formula is C54H37BN4. The van der Waals surface area contributed by atoms with E-state index in [4.69, 9.17) is 0 Å². The number of hydrogen-bond donors (Lipinski definition) is 0. The topological polar surface area (TPSA) is 14.7 Å². The van der Waals surface area contributed by atoms with Crippen molar-refractivity contribution in [1.82, 2.24) is 4.48 Å². The molecule has 0 spiro atoms. The normalized spacial score (nSPS) is 12.3. The molecule has 0 saturated carbocycles. The van der Waals surface area contributed by atoms with E-state index in [9.17, 15) is 0 Å². The van der Waals surface area contributed by atoms with E-state index < -0.39 is 0 Å². The third-order valence-electron chi connectivity index (χ3n) is 12.1. The number of para-hydroxylation sites is 7. The van der Waals surface area contributed by atoms with Gasteiger partial charge in [-0.15, -0.1) is 0 Å². The molecule has 0 radical (unpaired) electrons. The number of hydrogen-bond acceptors (Lipinski definition) is 3. The number of benzene rings is 9. The molecule has 9 aromatic carbocycles. The summed E-state index contributed by atoms with van der Waals surface area (Å²) < 4.78 is 2.63. The first-order valence-corrected chi connectivity index (χ1v) is 20.3. The van der Waals surface area contributed by atoms with Crippen molar-refractivity contribution in [3.05, 3.63) is 224 Å². The summed E-state index contributed by atoms with van der Waals surface area (Å²) in [6, 6.07) is 81.6. The molecule has 1 aromatic heterocycles. The van der Waals surface area contributed by atoms with E-state index in [0.717, 1.165) is 45.5 Å². The molecule has 2 aliphatic rings. The minimum absolute atomic E-state index is 0.0702. The zero-order chi connectivity index (χ0) is 38.9. The van der Waals surface area contributed by atoms with Crippen LogP contribution < -0.4 is 25.6 Å². The smallest absolute Gasteiger partial charge is 0.333 e. The molecule has 0 aliphatic carbocycles. The third kappa shape index (κ3) is 5.18. The fourth-order valence-electron chi connectivity index (χ4n) is 9.69. The molecule has 10 aromatic rings. The van der Waals surface area contributed by atoms with Gasteiger partial charge in [0.25, 0.3) is 0 Å². The minimum Gasteiger partial charge on any atom is -0.375 e. The van der Waals surface area contributed by atoms with Crippen molar-refractivity contribution in [2.45, 2.75) is 0 Å². The van der Waals surface area contributed by atoms with E-state index in [1.165, 1.54) is 49.5 Å². The molecule has 2 aliphatic heterocycles. The van der Waals surface area contributed by atoms with Crippen LogP contribution in [0, 0.1) is 0 Å². The van der Waals surface area contributed by atoms with Crippen LogP contribution in [0.4, 0.5) is 51.2 Å². The zero-order valence-corrected chi connectivity index (χ0v) is 32.2. The van der Waals surface area contributed by atoms with Crippen LogP contribution in [-0.4, -0.2) is 11.3 Å². The number of fused-ring (bicyclic) bond motifs is 7. The van der Waals surface area contributed by atoms with Crippen LogP contribution in [0.5, 0.6) is 0 Å². The average molecular weight is 753 g/mol. The molecule has 3 heterocycles. The van der Waals surface area contributed by atoms with Gasteiger partial charge in [-0.2, -0.15) is 0 Å². The van der Waals surface area contributed by atoms with Crippen LogP contribution in [0.25, 0.3) is 32.9 Å². The van der Waals surface area contributed by atoms with E-state index in [0.29, 0.717) is 0 Å². The summed E-state index contributed by atoms with van der Waals surface area (Å²) in [7, 11) is 0. The monoisotopic (exact) mass is 752 g/mol. The second-order valence-corrected chi connectivity index (χ2v) is 15.3. The van der Waals surface area contributed by atoms with E-state index in [1.807, 2.05) is 0 Å². The van der Waals surface area contributed by atoms with Crippen molar-refractivity contribution >= 4 is 90.8 Å². The number of nitrogens with zero attached hydrogens (tertiary/aromatic N) is 4. The van der Waals surface area contributed by atoms with Crippen LogP contribution in [0.1, 0.15) is 0 Å². The van der Waals surface area contributed by atoms with Gasteiger partial charge in [-0.05, 0) is 107 Å². The van der Waals surface area contributed by atoms with Crippen LogP contribution in [0.2, 0.25) is 0 Å². The van der Waals surface area contributed by atoms with Crippen molar-refractivity contribution in [3.63, 3.8) is 0 Å². The number of rotatable bonds is 7. The quantitative estimate of drug-likeness (QED) is 0.151. The summed E-state index contributed by atoms with van der Waals surface area (Å²) in [6.07, 6.45) is 0. The van der Waals surface area contributed by atoms with Gasteiger partial charge >= 0.3 is 6.85 Å². The summed E-state index contributed by atoms with van der Waals surface area (Å²) in [4.78, 5) is 7.28. The number of aromatic nitrogens is 1. The van der Waals surface area contributed by atoms with Gasteiger partial charge in [0.2, 0.25) is 0 Å². The zero-order valence-electron chi connectivity index (χ0n) is 32.2. The highest BCUT2D eigenvalue weighted by Crippen LogP contribution is 2.49. The summed E-state index contributed by atoms with van der Waals surface area (Å²) in [5.41, 5.74) is 17.7. The maximum absolute atomic E-state index is 2.63. The fraction of sp³-hybridized carbons (Fsp3) is 0. The summed E-state index contributed by atoms with van der Waals surface area (Å²) in [6.45, 7) is -0.0702. The Morgan fingerprint density at radius 1 is 0.356 bits per heavy atom. The molecule has 4 nitrogen and oxygen atoms in total. The predicted octanol–water partition coefficient (Wildman–Crippen LogP) is 13.2. The van der Waals surface area contributed by atoms with Gasteiger partial charge in [0.15, 0.2) is 0 Å². The first-order chi connectivity index (χ1) is 29.3. The summed E-state index contributed by atoms with van der Waals surface area (Å²) >= 11 is 0. The van der Waals surface area contributed by atoms with Gasteiger partial charge in [-0.25, -0.2) is 0 Å². The van der Waals surface area contributed by atoms with Crippen LogP contribution in [0.15, 0.2) is 224 Å². The van der Waals surface area contributed by atoms with Crippen molar-refractivity contribution in [1.29, 1.82) is 0 Å². The Kier molecular flexibility index (Phi) is 7.60. The van der Waals surface area contributed by atoms with Gasteiger partial charge in [0.1, 0.15) is 0 Å². The molecular weight excluding hydrogens is 715 g/mol. The van der Waals surface area contributed by atoms with Crippen molar-refractivity contribution in [2.75, 3.05) is 14.7 Å². The molecule has 0 N–H and O–H groups in total. The highest BCUT2D eigenvalue weighted by molar-refractivity contribution is 6.90. The lowest BCUT2D eigenvalue weighted by Crippen LogP contribution is -2.56. The van der Waals surface area contributed by atoms with Crippen molar-refractivity contribution in [2.24, 2.45) is 0 Å². The molecule has 0 bridgehead atoms. The minimum atomic E-state index is -0.0702. The van der Waals surface area contributed by atoms with Crippen LogP contribution in [-0.2, 0) is 0 Å². The van der Waals surface area contributed by atoms with E-state index in [2.05, 4.69) is 244 Å². The Balaban J connectivity index is 1.20. The van der Waals surface area contributed by atoms with Crippen molar-refractivity contribution in [3.8, 4) is 11.1 Å². The van der Waals surface area contributed by atoms with Gasteiger partial charge in [0.05, 0.1) is 0 Å². The van der Waals surface area contributed by atoms with E-state index in [1.54, 1.807) is 0 Å². The Labute approximate surface area is 344 Å². The van der Waals surface area contributed by atoms with Crippen LogP contribution >= 0.6 is 0 Å². The Hall–Kier alpha value is -7.76.